The molecule has 0 aliphatic heterocycles. The average Bonchev–Trinajstić information content (AvgIpc) is 2.29. The van der Waals surface area contributed by atoms with Gasteiger partial charge in [0.05, 0.1) is 12.1 Å². The van der Waals surface area contributed by atoms with Gasteiger partial charge in [-0.05, 0) is 30.2 Å². The topological polar surface area (TPSA) is 75.6 Å². The maximum atomic E-state index is 10.9. The minimum absolute atomic E-state index is 0.112. The predicted molar refractivity (Wildman–Crippen MR) is 62.2 cm³/mol. The summed E-state index contributed by atoms with van der Waals surface area (Å²) in [5, 5.41) is 11.1. The number of hydrogen-bond acceptors (Lipinski definition) is 3. The predicted octanol–water partition coefficient (Wildman–Crippen LogP) is 1.36. The zero-order valence-electron chi connectivity index (χ0n) is 9.41. The number of rotatable bonds is 3. The van der Waals surface area contributed by atoms with Gasteiger partial charge in [0.25, 0.3) is 0 Å². The number of carbonyl (C=O) groups is 2. The molecule has 0 aliphatic rings. The number of aryl methyl sites for hydroxylation is 1. The van der Waals surface area contributed by atoms with E-state index in [0.717, 1.165) is 11.1 Å². The van der Waals surface area contributed by atoms with Gasteiger partial charge in [-0.1, -0.05) is 11.6 Å². The van der Waals surface area contributed by atoms with E-state index in [1.165, 1.54) is 7.11 Å². The summed E-state index contributed by atoms with van der Waals surface area (Å²) in [6.45, 7) is 1.93. The number of carbonyl (C=O) groups excluding carboxylic acids is 1. The van der Waals surface area contributed by atoms with E-state index in [4.69, 9.17) is 21.4 Å². The van der Waals surface area contributed by atoms with Crippen molar-refractivity contribution in [3.63, 3.8) is 0 Å². The summed E-state index contributed by atoms with van der Waals surface area (Å²) in [5.41, 5.74) is 1.60. The summed E-state index contributed by atoms with van der Waals surface area (Å²) < 4.78 is 5.03. The molecule has 0 bridgehead atoms. The van der Waals surface area contributed by atoms with Crippen molar-refractivity contribution >= 4 is 23.5 Å². The smallest absolute Gasteiger partial charge is 0.394 e. The van der Waals surface area contributed by atoms with E-state index >= 15 is 0 Å². The summed E-state index contributed by atoms with van der Waals surface area (Å²) >= 11 is 5.93. The molecule has 1 aromatic carbocycles. The highest BCUT2D eigenvalue weighted by atomic mass is 35.5. The van der Waals surface area contributed by atoms with Crippen LogP contribution in [0, 0.1) is 6.92 Å². The van der Waals surface area contributed by atoms with Gasteiger partial charge in [0.15, 0.2) is 0 Å². The van der Waals surface area contributed by atoms with Gasteiger partial charge in [-0.3, -0.25) is 4.79 Å². The fourth-order valence-electron chi connectivity index (χ4n) is 1.29. The van der Waals surface area contributed by atoms with Crippen molar-refractivity contribution in [3.05, 3.63) is 28.3 Å². The van der Waals surface area contributed by atoms with E-state index in [0.29, 0.717) is 10.8 Å². The number of halogens is 1. The molecule has 0 saturated carbocycles. The first kappa shape index (κ1) is 13.3. The van der Waals surface area contributed by atoms with Crippen molar-refractivity contribution in [3.8, 4) is 5.75 Å². The van der Waals surface area contributed by atoms with Gasteiger partial charge in [-0.15, -0.1) is 0 Å². The average molecular weight is 258 g/mol. The van der Waals surface area contributed by atoms with E-state index < -0.39 is 11.9 Å². The Morgan fingerprint density at radius 3 is 2.65 bits per heavy atom. The van der Waals surface area contributed by atoms with Crippen LogP contribution in [0.5, 0.6) is 5.75 Å². The second-order valence-corrected chi connectivity index (χ2v) is 3.81. The van der Waals surface area contributed by atoms with Gasteiger partial charge in [-0.2, -0.15) is 0 Å². The first-order valence-electron chi connectivity index (χ1n) is 4.80. The second-order valence-electron chi connectivity index (χ2n) is 3.40. The summed E-state index contributed by atoms with van der Waals surface area (Å²) in [7, 11) is 1.51. The lowest BCUT2D eigenvalue weighted by atomic mass is 10.1. The fourth-order valence-corrected chi connectivity index (χ4v) is 1.56. The normalized spacial score (nSPS) is 9.82. The van der Waals surface area contributed by atoms with Crippen LogP contribution >= 0.6 is 11.6 Å². The molecule has 1 rings (SSSR count). The van der Waals surface area contributed by atoms with Crippen LogP contribution < -0.4 is 10.1 Å². The van der Waals surface area contributed by atoms with E-state index in [1.54, 1.807) is 12.1 Å². The molecule has 6 heteroatoms. The van der Waals surface area contributed by atoms with E-state index in [9.17, 15) is 9.59 Å². The van der Waals surface area contributed by atoms with Crippen LogP contribution in [-0.2, 0) is 16.1 Å². The minimum atomic E-state index is -1.51. The van der Waals surface area contributed by atoms with Gasteiger partial charge in [0.1, 0.15) is 5.75 Å². The van der Waals surface area contributed by atoms with E-state index in [1.807, 2.05) is 6.92 Å². The number of nitrogens with one attached hydrogen (secondary N) is 1. The van der Waals surface area contributed by atoms with Crippen molar-refractivity contribution in [2.45, 2.75) is 13.5 Å². The number of methoxy groups -OCH3 is 1. The van der Waals surface area contributed by atoms with Crippen LogP contribution in [0.1, 0.15) is 11.1 Å². The van der Waals surface area contributed by atoms with Crippen molar-refractivity contribution in [2.24, 2.45) is 0 Å². The minimum Gasteiger partial charge on any atom is -0.495 e. The zero-order chi connectivity index (χ0) is 13.0. The summed E-state index contributed by atoms with van der Waals surface area (Å²) in [5.74, 6) is -2.02. The highest BCUT2D eigenvalue weighted by Gasteiger charge is 2.12. The SMILES string of the molecule is COc1cc(C)c(CNC(=O)C(=O)O)cc1Cl. The highest BCUT2D eigenvalue weighted by molar-refractivity contribution is 6.32. The van der Waals surface area contributed by atoms with Crippen molar-refractivity contribution in [1.82, 2.24) is 5.32 Å². The molecule has 5 nitrogen and oxygen atoms in total. The van der Waals surface area contributed by atoms with Gasteiger partial charge in [-0.25, -0.2) is 4.79 Å². The summed E-state index contributed by atoms with van der Waals surface area (Å²) in [4.78, 5) is 21.2. The number of amides is 1. The maximum absolute atomic E-state index is 10.9. The zero-order valence-corrected chi connectivity index (χ0v) is 10.2. The van der Waals surface area contributed by atoms with E-state index in [2.05, 4.69) is 5.32 Å². The van der Waals surface area contributed by atoms with Gasteiger partial charge < -0.3 is 15.2 Å². The lowest BCUT2D eigenvalue weighted by Gasteiger charge is -2.10. The maximum Gasteiger partial charge on any atom is 0.394 e. The Kier molecular flexibility index (Phi) is 4.34. The molecule has 0 atom stereocenters. The molecule has 0 aromatic heterocycles. The van der Waals surface area contributed by atoms with Crippen LogP contribution in [0.2, 0.25) is 5.02 Å². The molecule has 0 spiro atoms. The van der Waals surface area contributed by atoms with Crippen LogP contribution in [0.25, 0.3) is 0 Å². The third kappa shape index (κ3) is 3.35. The molecule has 0 heterocycles. The number of aliphatic carboxylic acids is 1. The van der Waals surface area contributed by atoms with E-state index in [-0.39, 0.29) is 6.54 Å². The largest absolute Gasteiger partial charge is 0.495 e. The Bertz CT molecular complexity index is 459. The van der Waals surface area contributed by atoms with Crippen LogP contribution in [0.4, 0.5) is 0 Å². The number of benzene rings is 1. The third-order valence-electron chi connectivity index (χ3n) is 2.24. The fraction of sp³-hybridized carbons (Fsp3) is 0.273. The Balaban J connectivity index is 2.82. The van der Waals surface area contributed by atoms with Crippen LogP contribution in [-0.4, -0.2) is 24.1 Å². The molecule has 2 N–H and O–H groups in total. The molecular formula is C11H12ClNO4. The van der Waals surface area contributed by atoms with Crippen molar-refractivity contribution < 1.29 is 19.4 Å². The van der Waals surface area contributed by atoms with Crippen molar-refractivity contribution in [1.29, 1.82) is 0 Å². The number of carboxylic acids is 1. The second kappa shape index (κ2) is 5.54. The highest BCUT2D eigenvalue weighted by Crippen LogP contribution is 2.27. The Morgan fingerprint density at radius 2 is 2.12 bits per heavy atom. The molecular weight excluding hydrogens is 246 g/mol. The molecule has 0 saturated heterocycles. The lowest BCUT2D eigenvalue weighted by Crippen LogP contribution is -2.30. The molecule has 1 aromatic rings. The number of ether oxygens (including phenoxy) is 1. The first-order chi connectivity index (χ1) is 7.95. The third-order valence-corrected chi connectivity index (χ3v) is 2.54. The Morgan fingerprint density at radius 1 is 1.47 bits per heavy atom. The molecule has 0 fully saturated rings. The number of carboxylic acid groups (broad SMARTS) is 1. The van der Waals surface area contributed by atoms with Gasteiger partial charge >= 0.3 is 11.9 Å². The van der Waals surface area contributed by atoms with Crippen molar-refractivity contribution in [2.75, 3.05) is 7.11 Å². The molecule has 17 heavy (non-hydrogen) atoms. The monoisotopic (exact) mass is 257 g/mol. The van der Waals surface area contributed by atoms with Gasteiger partial charge in [0.2, 0.25) is 0 Å². The summed E-state index contributed by atoms with van der Waals surface area (Å²) in [6.07, 6.45) is 0. The van der Waals surface area contributed by atoms with Crippen LogP contribution in [0.15, 0.2) is 12.1 Å². The molecule has 0 aliphatic carbocycles. The molecule has 0 radical (unpaired) electrons. The Labute approximate surface area is 103 Å². The summed E-state index contributed by atoms with van der Waals surface area (Å²) in [6, 6.07) is 3.36. The van der Waals surface area contributed by atoms with Crippen LogP contribution in [0.3, 0.4) is 0 Å². The molecule has 92 valence electrons. The standard InChI is InChI=1S/C11H12ClNO4/c1-6-3-9(17-2)8(12)4-7(6)5-13-10(14)11(15)16/h3-4H,5H2,1-2H3,(H,13,14)(H,15,16). The first-order valence-corrected chi connectivity index (χ1v) is 5.17. The quantitative estimate of drug-likeness (QED) is 0.802. The Hall–Kier alpha value is -1.75. The molecule has 1 amide bonds. The van der Waals surface area contributed by atoms with Gasteiger partial charge in [0, 0.05) is 6.54 Å². The lowest BCUT2D eigenvalue weighted by molar-refractivity contribution is -0.150. The number of hydrogen-bond donors (Lipinski definition) is 2. The molecule has 0 unspecified atom stereocenters.